The molecule has 0 spiro atoms. The Balaban J connectivity index is 1.83. The van der Waals surface area contributed by atoms with Crippen molar-refractivity contribution in [3.8, 4) is 17.0 Å². The number of anilines is 1. The molecule has 0 aliphatic rings. The van der Waals surface area contributed by atoms with Crippen LogP contribution in [0.1, 0.15) is 5.56 Å². The van der Waals surface area contributed by atoms with Gasteiger partial charge in [-0.1, -0.05) is 29.8 Å². The van der Waals surface area contributed by atoms with E-state index >= 15 is 0 Å². The maximum absolute atomic E-state index is 12.4. The monoisotopic (exact) mass is 384 g/mol. The van der Waals surface area contributed by atoms with Crippen molar-refractivity contribution in [3.63, 3.8) is 0 Å². The van der Waals surface area contributed by atoms with Crippen LogP contribution in [0.4, 0.5) is 5.69 Å². The molecule has 1 amide bonds. The van der Waals surface area contributed by atoms with E-state index in [9.17, 15) is 4.79 Å². The molecule has 0 aliphatic heterocycles. The molecule has 1 aromatic heterocycles. The van der Waals surface area contributed by atoms with Crippen molar-refractivity contribution >= 4 is 23.2 Å². The van der Waals surface area contributed by atoms with Crippen LogP contribution in [0.25, 0.3) is 11.3 Å². The molecule has 2 aromatic carbocycles. The van der Waals surface area contributed by atoms with E-state index in [-0.39, 0.29) is 12.3 Å². The number of nitrogens with one attached hydrogen (secondary N) is 1. The van der Waals surface area contributed by atoms with Gasteiger partial charge in [0.05, 0.1) is 12.1 Å². The van der Waals surface area contributed by atoms with Crippen LogP contribution >= 0.6 is 11.6 Å². The highest BCUT2D eigenvalue weighted by Crippen LogP contribution is 2.32. The fourth-order valence-electron chi connectivity index (χ4n) is 2.76. The second-order valence-electron chi connectivity index (χ2n) is 6.00. The fourth-order valence-corrected chi connectivity index (χ4v) is 2.96. The molecule has 0 radical (unpaired) electrons. The zero-order valence-corrected chi connectivity index (χ0v) is 15.7. The van der Waals surface area contributed by atoms with Crippen molar-refractivity contribution in [1.29, 1.82) is 0 Å². The quantitative estimate of drug-likeness (QED) is 0.655. The SMILES string of the molecule is Cn1nccc1-c1cc(NC(=O)Cc2ccccc2Cl)ccc1OCCN. The predicted octanol–water partition coefficient (Wildman–Crippen LogP) is 3.26. The number of halogens is 1. The molecule has 0 saturated heterocycles. The molecule has 27 heavy (non-hydrogen) atoms. The van der Waals surface area contributed by atoms with E-state index in [0.29, 0.717) is 29.6 Å². The van der Waals surface area contributed by atoms with Gasteiger partial charge in [-0.05, 0) is 35.9 Å². The first kappa shape index (κ1) is 18.9. The van der Waals surface area contributed by atoms with Gasteiger partial charge in [0.1, 0.15) is 12.4 Å². The van der Waals surface area contributed by atoms with Crippen LogP contribution in [0.15, 0.2) is 54.7 Å². The summed E-state index contributed by atoms with van der Waals surface area (Å²) in [5, 5.41) is 7.70. The number of hydrogen-bond donors (Lipinski definition) is 2. The van der Waals surface area contributed by atoms with E-state index in [1.54, 1.807) is 23.0 Å². The summed E-state index contributed by atoms with van der Waals surface area (Å²) in [6.07, 6.45) is 1.91. The van der Waals surface area contributed by atoms with Crippen LogP contribution < -0.4 is 15.8 Å². The summed E-state index contributed by atoms with van der Waals surface area (Å²) < 4.78 is 7.49. The lowest BCUT2D eigenvalue weighted by Crippen LogP contribution is -2.15. The summed E-state index contributed by atoms with van der Waals surface area (Å²) in [6, 6.07) is 14.7. The van der Waals surface area contributed by atoms with E-state index in [1.807, 2.05) is 43.4 Å². The minimum absolute atomic E-state index is 0.144. The maximum Gasteiger partial charge on any atom is 0.228 e. The number of nitrogens with zero attached hydrogens (tertiary/aromatic N) is 2. The van der Waals surface area contributed by atoms with Crippen molar-refractivity contribution in [2.24, 2.45) is 12.8 Å². The van der Waals surface area contributed by atoms with Gasteiger partial charge in [-0.15, -0.1) is 0 Å². The minimum atomic E-state index is -0.144. The van der Waals surface area contributed by atoms with Crippen LogP contribution in [0.2, 0.25) is 5.02 Å². The third-order valence-corrected chi connectivity index (χ3v) is 4.41. The zero-order valence-electron chi connectivity index (χ0n) is 15.0. The van der Waals surface area contributed by atoms with Crippen molar-refractivity contribution < 1.29 is 9.53 Å². The molecule has 0 saturated carbocycles. The molecule has 6 nitrogen and oxygen atoms in total. The standard InChI is InChI=1S/C20H21ClN4O2/c1-25-18(8-10-23-25)16-13-15(6-7-19(16)27-11-9-22)24-20(26)12-14-4-2-3-5-17(14)21/h2-8,10,13H,9,11-12,22H2,1H3,(H,24,26). The minimum Gasteiger partial charge on any atom is -0.492 e. The fraction of sp³-hybridized carbons (Fsp3) is 0.200. The Morgan fingerprint density at radius 1 is 1.26 bits per heavy atom. The second-order valence-corrected chi connectivity index (χ2v) is 6.41. The van der Waals surface area contributed by atoms with Crippen molar-refractivity contribution in [3.05, 3.63) is 65.3 Å². The van der Waals surface area contributed by atoms with E-state index in [0.717, 1.165) is 16.8 Å². The molecular weight excluding hydrogens is 364 g/mol. The van der Waals surface area contributed by atoms with Crippen LogP contribution in [-0.2, 0) is 18.3 Å². The van der Waals surface area contributed by atoms with Gasteiger partial charge < -0.3 is 15.8 Å². The third-order valence-electron chi connectivity index (χ3n) is 4.04. The predicted molar refractivity (Wildman–Crippen MR) is 107 cm³/mol. The Morgan fingerprint density at radius 3 is 2.78 bits per heavy atom. The number of ether oxygens (including phenoxy) is 1. The highest BCUT2D eigenvalue weighted by atomic mass is 35.5. The van der Waals surface area contributed by atoms with Gasteiger partial charge in [0.15, 0.2) is 0 Å². The Labute approximate surface area is 162 Å². The Morgan fingerprint density at radius 2 is 2.07 bits per heavy atom. The van der Waals surface area contributed by atoms with Gasteiger partial charge >= 0.3 is 0 Å². The molecule has 1 heterocycles. The molecule has 0 aliphatic carbocycles. The molecule has 140 valence electrons. The van der Waals surface area contributed by atoms with Crippen LogP contribution in [0.3, 0.4) is 0 Å². The number of carbonyl (C=O) groups is 1. The smallest absolute Gasteiger partial charge is 0.228 e. The van der Waals surface area contributed by atoms with Crippen molar-refractivity contribution in [2.45, 2.75) is 6.42 Å². The van der Waals surface area contributed by atoms with Gasteiger partial charge in [-0.2, -0.15) is 5.10 Å². The zero-order chi connectivity index (χ0) is 19.2. The number of hydrogen-bond acceptors (Lipinski definition) is 4. The second kappa shape index (κ2) is 8.70. The first-order chi connectivity index (χ1) is 13.1. The largest absolute Gasteiger partial charge is 0.492 e. The Bertz CT molecular complexity index is 939. The van der Waals surface area contributed by atoms with Gasteiger partial charge in [0.2, 0.25) is 5.91 Å². The Hall–Kier alpha value is -2.83. The lowest BCUT2D eigenvalue weighted by atomic mass is 10.1. The van der Waals surface area contributed by atoms with Gasteiger partial charge in [-0.25, -0.2) is 0 Å². The van der Waals surface area contributed by atoms with Gasteiger partial charge in [0.25, 0.3) is 0 Å². The molecule has 0 fully saturated rings. The lowest BCUT2D eigenvalue weighted by Gasteiger charge is -2.14. The normalized spacial score (nSPS) is 10.6. The summed E-state index contributed by atoms with van der Waals surface area (Å²) in [5.74, 6) is 0.544. The number of rotatable bonds is 7. The van der Waals surface area contributed by atoms with Crippen molar-refractivity contribution in [1.82, 2.24) is 9.78 Å². The number of amides is 1. The maximum atomic E-state index is 12.4. The first-order valence-electron chi connectivity index (χ1n) is 8.57. The lowest BCUT2D eigenvalue weighted by molar-refractivity contribution is -0.115. The number of benzene rings is 2. The molecule has 7 heteroatoms. The third kappa shape index (κ3) is 4.67. The van der Waals surface area contributed by atoms with E-state index < -0.39 is 0 Å². The van der Waals surface area contributed by atoms with Gasteiger partial charge in [-0.3, -0.25) is 9.48 Å². The summed E-state index contributed by atoms with van der Waals surface area (Å²) in [4.78, 5) is 12.4. The average Bonchev–Trinajstić information content (AvgIpc) is 3.08. The topological polar surface area (TPSA) is 82.2 Å². The van der Waals surface area contributed by atoms with Crippen molar-refractivity contribution in [2.75, 3.05) is 18.5 Å². The van der Waals surface area contributed by atoms with Crippen LogP contribution in [0.5, 0.6) is 5.75 Å². The Kier molecular flexibility index (Phi) is 6.11. The summed E-state index contributed by atoms with van der Waals surface area (Å²) in [7, 11) is 1.85. The van der Waals surface area contributed by atoms with Gasteiger partial charge in [0, 0.05) is 36.1 Å². The molecule has 3 rings (SSSR count). The first-order valence-corrected chi connectivity index (χ1v) is 8.95. The molecule has 0 bridgehead atoms. The van der Waals surface area contributed by atoms with E-state index in [2.05, 4.69) is 10.4 Å². The number of nitrogens with two attached hydrogens (primary N) is 1. The van der Waals surface area contributed by atoms with E-state index in [4.69, 9.17) is 22.1 Å². The summed E-state index contributed by atoms with van der Waals surface area (Å²) in [6.45, 7) is 0.824. The molecule has 0 atom stereocenters. The number of carbonyl (C=O) groups excluding carboxylic acids is 1. The summed E-state index contributed by atoms with van der Waals surface area (Å²) in [5.41, 5.74) is 8.71. The number of aryl methyl sites for hydroxylation is 1. The molecular formula is C20H21ClN4O2. The summed E-state index contributed by atoms with van der Waals surface area (Å²) >= 11 is 6.13. The molecule has 3 N–H and O–H groups in total. The number of aromatic nitrogens is 2. The van der Waals surface area contributed by atoms with Crippen LogP contribution in [0, 0.1) is 0 Å². The van der Waals surface area contributed by atoms with Crippen LogP contribution in [-0.4, -0.2) is 28.8 Å². The molecule has 3 aromatic rings. The highest BCUT2D eigenvalue weighted by Gasteiger charge is 2.13. The molecule has 0 unspecified atom stereocenters. The average molecular weight is 385 g/mol. The van der Waals surface area contributed by atoms with E-state index in [1.165, 1.54) is 0 Å². The highest BCUT2D eigenvalue weighted by molar-refractivity contribution is 6.31.